The standard InChI is InChI=1S/C18H19N5O3/c1-19-17(25)13-11-12(7-9-20-13)21-16(24)8-10-23-15-6-4-3-5-14(15)22(2)18(23)26/h3-7,9,11H,8,10H2,1-2H3,(H,19,25)(H,20,21,24). The Bertz CT molecular complexity index is 1030. The smallest absolute Gasteiger partial charge is 0.328 e. The van der Waals surface area contributed by atoms with E-state index >= 15 is 0 Å². The highest BCUT2D eigenvalue weighted by Gasteiger charge is 2.12. The van der Waals surface area contributed by atoms with E-state index in [0.29, 0.717) is 5.69 Å². The average molecular weight is 353 g/mol. The molecule has 26 heavy (non-hydrogen) atoms. The van der Waals surface area contributed by atoms with Gasteiger partial charge in [-0.1, -0.05) is 12.1 Å². The molecule has 0 aliphatic rings. The molecule has 0 saturated carbocycles. The fourth-order valence-corrected chi connectivity index (χ4v) is 2.78. The van der Waals surface area contributed by atoms with Gasteiger partial charge < -0.3 is 10.6 Å². The molecule has 0 fully saturated rings. The van der Waals surface area contributed by atoms with Crippen LogP contribution in [0.25, 0.3) is 11.0 Å². The lowest BCUT2D eigenvalue weighted by Crippen LogP contribution is -2.24. The Balaban J connectivity index is 1.72. The summed E-state index contributed by atoms with van der Waals surface area (Å²) in [6, 6.07) is 10.6. The predicted octanol–water partition coefficient (Wildman–Crippen LogP) is 1.12. The molecule has 2 amide bonds. The number of carbonyl (C=O) groups is 2. The van der Waals surface area contributed by atoms with E-state index in [1.807, 2.05) is 24.3 Å². The van der Waals surface area contributed by atoms with Crippen molar-refractivity contribution in [3.8, 4) is 0 Å². The Labute approximate surface area is 149 Å². The third-order valence-electron chi connectivity index (χ3n) is 4.12. The Morgan fingerprint density at radius 2 is 1.88 bits per heavy atom. The number of imidazole rings is 1. The number of fused-ring (bicyclic) bond motifs is 1. The molecule has 0 aliphatic carbocycles. The molecule has 8 heteroatoms. The SMILES string of the molecule is CNC(=O)c1cc(NC(=O)CCn2c(=O)n(C)c3ccccc32)ccn1. The van der Waals surface area contributed by atoms with Crippen LogP contribution in [-0.4, -0.2) is 33.0 Å². The zero-order chi connectivity index (χ0) is 18.7. The molecule has 3 aromatic rings. The number of aromatic nitrogens is 3. The van der Waals surface area contributed by atoms with Gasteiger partial charge in [-0.2, -0.15) is 0 Å². The molecule has 0 saturated heterocycles. The first-order chi connectivity index (χ1) is 12.5. The normalized spacial score (nSPS) is 10.7. The molecule has 0 spiro atoms. The number of rotatable bonds is 5. The summed E-state index contributed by atoms with van der Waals surface area (Å²) in [6.07, 6.45) is 1.58. The molecule has 2 N–H and O–H groups in total. The first-order valence-corrected chi connectivity index (χ1v) is 8.13. The zero-order valence-electron chi connectivity index (χ0n) is 14.5. The molecule has 0 radical (unpaired) electrons. The van der Waals surface area contributed by atoms with Crippen LogP contribution in [0.2, 0.25) is 0 Å². The van der Waals surface area contributed by atoms with Crippen molar-refractivity contribution < 1.29 is 9.59 Å². The summed E-state index contributed by atoms with van der Waals surface area (Å²) < 4.78 is 3.14. The summed E-state index contributed by atoms with van der Waals surface area (Å²) in [4.78, 5) is 40.1. The highest BCUT2D eigenvalue weighted by molar-refractivity contribution is 5.95. The predicted molar refractivity (Wildman–Crippen MR) is 98.1 cm³/mol. The molecule has 3 rings (SSSR count). The number of carbonyl (C=O) groups excluding carboxylic acids is 2. The first kappa shape index (κ1) is 17.4. The molecule has 0 atom stereocenters. The summed E-state index contributed by atoms with van der Waals surface area (Å²) in [7, 11) is 3.22. The fourth-order valence-electron chi connectivity index (χ4n) is 2.78. The zero-order valence-corrected chi connectivity index (χ0v) is 14.5. The monoisotopic (exact) mass is 353 g/mol. The molecule has 0 aliphatic heterocycles. The molecule has 0 unspecified atom stereocenters. The number of benzene rings is 1. The highest BCUT2D eigenvalue weighted by Crippen LogP contribution is 2.13. The number of amides is 2. The van der Waals surface area contributed by atoms with Crippen molar-refractivity contribution in [3.63, 3.8) is 0 Å². The summed E-state index contributed by atoms with van der Waals surface area (Å²) in [5, 5.41) is 5.20. The van der Waals surface area contributed by atoms with Crippen LogP contribution in [0.4, 0.5) is 5.69 Å². The maximum Gasteiger partial charge on any atom is 0.328 e. The van der Waals surface area contributed by atoms with Crippen molar-refractivity contribution in [3.05, 3.63) is 58.8 Å². The molecule has 1 aromatic carbocycles. The van der Waals surface area contributed by atoms with Crippen molar-refractivity contribution in [2.45, 2.75) is 13.0 Å². The first-order valence-electron chi connectivity index (χ1n) is 8.13. The Morgan fingerprint density at radius 3 is 2.62 bits per heavy atom. The number of nitrogens with one attached hydrogen (secondary N) is 2. The van der Waals surface area contributed by atoms with E-state index in [0.717, 1.165) is 11.0 Å². The van der Waals surface area contributed by atoms with Gasteiger partial charge in [-0.05, 0) is 24.3 Å². The summed E-state index contributed by atoms with van der Waals surface area (Å²) in [5.41, 5.74) is 2.15. The highest BCUT2D eigenvalue weighted by atomic mass is 16.2. The topological polar surface area (TPSA) is 98.0 Å². The number of aryl methyl sites for hydroxylation is 2. The lowest BCUT2D eigenvalue weighted by atomic mass is 10.3. The van der Waals surface area contributed by atoms with Gasteiger partial charge in [0.15, 0.2) is 0 Å². The quantitative estimate of drug-likeness (QED) is 0.718. The lowest BCUT2D eigenvalue weighted by molar-refractivity contribution is -0.116. The van der Waals surface area contributed by atoms with Crippen molar-refractivity contribution in [2.75, 3.05) is 12.4 Å². The molecule has 0 bridgehead atoms. The van der Waals surface area contributed by atoms with Crippen LogP contribution in [0.15, 0.2) is 47.4 Å². The largest absolute Gasteiger partial charge is 0.354 e. The van der Waals surface area contributed by atoms with Crippen LogP contribution in [0.5, 0.6) is 0 Å². The van der Waals surface area contributed by atoms with Gasteiger partial charge in [0.1, 0.15) is 5.69 Å². The average Bonchev–Trinajstić information content (AvgIpc) is 2.90. The number of nitrogens with zero attached hydrogens (tertiary/aromatic N) is 3. The summed E-state index contributed by atoms with van der Waals surface area (Å²) in [6.45, 7) is 0.263. The van der Waals surface area contributed by atoms with Gasteiger partial charge in [-0.15, -0.1) is 0 Å². The van der Waals surface area contributed by atoms with Crippen LogP contribution in [-0.2, 0) is 18.4 Å². The van der Waals surface area contributed by atoms with Gasteiger partial charge in [0.25, 0.3) is 5.91 Å². The van der Waals surface area contributed by atoms with E-state index in [1.54, 1.807) is 22.2 Å². The third-order valence-corrected chi connectivity index (χ3v) is 4.12. The van der Waals surface area contributed by atoms with Gasteiger partial charge in [0, 0.05) is 38.9 Å². The van der Waals surface area contributed by atoms with E-state index in [1.165, 1.54) is 19.3 Å². The number of hydrogen-bond acceptors (Lipinski definition) is 4. The second-order valence-corrected chi connectivity index (χ2v) is 5.79. The van der Waals surface area contributed by atoms with Crippen molar-refractivity contribution >= 4 is 28.5 Å². The van der Waals surface area contributed by atoms with Gasteiger partial charge in [-0.3, -0.25) is 23.7 Å². The second-order valence-electron chi connectivity index (χ2n) is 5.79. The minimum Gasteiger partial charge on any atom is -0.354 e. The van der Waals surface area contributed by atoms with Crippen molar-refractivity contribution in [1.29, 1.82) is 0 Å². The van der Waals surface area contributed by atoms with E-state index in [2.05, 4.69) is 15.6 Å². The van der Waals surface area contributed by atoms with Crippen LogP contribution < -0.4 is 16.3 Å². The maximum absolute atomic E-state index is 12.4. The molecule has 8 nitrogen and oxygen atoms in total. The van der Waals surface area contributed by atoms with Crippen LogP contribution >= 0.6 is 0 Å². The molecular weight excluding hydrogens is 334 g/mol. The maximum atomic E-state index is 12.4. The minimum atomic E-state index is -0.330. The van der Waals surface area contributed by atoms with E-state index in [-0.39, 0.29) is 36.2 Å². The van der Waals surface area contributed by atoms with Crippen LogP contribution in [0, 0.1) is 0 Å². The number of hydrogen-bond donors (Lipinski definition) is 2. The van der Waals surface area contributed by atoms with E-state index in [9.17, 15) is 14.4 Å². The van der Waals surface area contributed by atoms with Gasteiger partial charge in [-0.25, -0.2) is 4.79 Å². The molecule has 2 aromatic heterocycles. The number of anilines is 1. The van der Waals surface area contributed by atoms with Gasteiger partial charge in [0.2, 0.25) is 5.91 Å². The Hall–Kier alpha value is -3.42. The number of para-hydroxylation sites is 2. The Morgan fingerprint density at radius 1 is 1.15 bits per heavy atom. The van der Waals surface area contributed by atoms with Gasteiger partial charge in [0.05, 0.1) is 11.0 Å². The summed E-state index contributed by atoms with van der Waals surface area (Å²) in [5.74, 6) is -0.581. The Kier molecular flexibility index (Phi) is 4.83. The van der Waals surface area contributed by atoms with Crippen molar-refractivity contribution in [1.82, 2.24) is 19.4 Å². The molecule has 134 valence electrons. The fraction of sp³-hybridized carbons (Fsp3) is 0.222. The van der Waals surface area contributed by atoms with E-state index in [4.69, 9.17) is 0 Å². The molecule has 2 heterocycles. The third kappa shape index (κ3) is 3.34. The van der Waals surface area contributed by atoms with Crippen molar-refractivity contribution in [2.24, 2.45) is 7.05 Å². The van der Waals surface area contributed by atoms with Gasteiger partial charge >= 0.3 is 5.69 Å². The molecular formula is C18H19N5O3. The minimum absolute atomic E-state index is 0.131. The summed E-state index contributed by atoms with van der Waals surface area (Å²) >= 11 is 0. The van der Waals surface area contributed by atoms with E-state index < -0.39 is 0 Å². The number of pyridine rings is 1. The second kappa shape index (κ2) is 7.22. The van der Waals surface area contributed by atoms with Crippen LogP contribution in [0.1, 0.15) is 16.9 Å². The van der Waals surface area contributed by atoms with Crippen LogP contribution in [0.3, 0.4) is 0 Å². The lowest BCUT2D eigenvalue weighted by Gasteiger charge is -2.07.